The van der Waals surface area contributed by atoms with Crippen molar-refractivity contribution in [2.45, 2.75) is 72.4 Å². The van der Waals surface area contributed by atoms with E-state index in [1.165, 1.54) is 92.2 Å². The Morgan fingerprint density at radius 3 is 1.72 bits per heavy atom. The van der Waals surface area contributed by atoms with Crippen LogP contribution in [0.4, 0.5) is 34.1 Å². The quantitative estimate of drug-likeness (QED) is 0.166. The maximum absolute atomic E-state index is 2.60. The lowest BCUT2D eigenvalue weighted by Crippen LogP contribution is -2.62. The van der Waals surface area contributed by atoms with Gasteiger partial charge in [0.25, 0.3) is 6.71 Å². The Hall–Kier alpha value is -4.36. The SMILES string of the molecule is Cc1ccc(N2c3cc4c(cc3B3c5cc([Si](C)(C)C)ccc5N(c5ccc([Si](C)(C)C)cc5)c5cc(C(C)(C)C)cc2c53)sc2ccccc24)cc1. The lowest BCUT2D eigenvalue weighted by Gasteiger charge is -2.45. The van der Waals surface area contributed by atoms with Crippen molar-refractivity contribution in [3.8, 4) is 0 Å². The third kappa shape index (κ3) is 5.56. The fourth-order valence-corrected chi connectivity index (χ4v) is 12.0. The largest absolute Gasteiger partial charge is 0.311 e. The highest BCUT2D eigenvalue weighted by molar-refractivity contribution is 7.26. The molecule has 0 spiro atoms. The second-order valence-electron chi connectivity index (χ2n) is 18.4. The highest BCUT2D eigenvalue weighted by atomic mass is 32.1. The number of anilines is 6. The van der Waals surface area contributed by atoms with Crippen molar-refractivity contribution in [1.82, 2.24) is 0 Å². The molecule has 0 amide bonds. The molecule has 0 saturated carbocycles. The molecule has 0 unspecified atom stereocenters. The smallest absolute Gasteiger partial charge is 0.252 e. The highest BCUT2D eigenvalue weighted by Crippen LogP contribution is 2.47. The Labute approximate surface area is 322 Å². The molecule has 0 fully saturated rings. The van der Waals surface area contributed by atoms with Gasteiger partial charge in [0.15, 0.2) is 0 Å². The molecule has 7 aromatic rings. The van der Waals surface area contributed by atoms with E-state index in [2.05, 4.69) is 192 Å². The topological polar surface area (TPSA) is 6.48 Å². The summed E-state index contributed by atoms with van der Waals surface area (Å²) in [4.78, 5) is 5.18. The van der Waals surface area contributed by atoms with Crippen molar-refractivity contribution in [3.63, 3.8) is 0 Å². The first-order valence-electron chi connectivity index (χ1n) is 19.1. The number of nitrogens with zero attached hydrogens (tertiary/aromatic N) is 2. The van der Waals surface area contributed by atoms with Gasteiger partial charge in [-0.05, 0) is 95.0 Å². The number of thiophene rings is 1. The Morgan fingerprint density at radius 2 is 1.09 bits per heavy atom. The molecule has 264 valence electrons. The van der Waals surface area contributed by atoms with E-state index in [0.717, 1.165) is 0 Å². The molecule has 0 atom stereocenters. The van der Waals surface area contributed by atoms with Crippen molar-refractivity contribution in [1.29, 1.82) is 0 Å². The maximum Gasteiger partial charge on any atom is 0.252 e. The third-order valence-electron chi connectivity index (χ3n) is 11.6. The van der Waals surface area contributed by atoms with Crippen LogP contribution < -0.4 is 36.6 Å². The van der Waals surface area contributed by atoms with E-state index in [9.17, 15) is 0 Å². The predicted octanol–water partition coefficient (Wildman–Crippen LogP) is 10.8. The minimum atomic E-state index is -1.64. The summed E-state index contributed by atoms with van der Waals surface area (Å²) in [6, 6.07) is 45.2. The summed E-state index contributed by atoms with van der Waals surface area (Å²) in [5.74, 6) is 0. The molecule has 9 rings (SSSR count). The van der Waals surface area contributed by atoms with Gasteiger partial charge >= 0.3 is 0 Å². The molecule has 53 heavy (non-hydrogen) atoms. The molecular weight excluding hydrogens is 692 g/mol. The molecule has 0 N–H and O–H groups in total. The Morgan fingerprint density at radius 1 is 0.528 bits per heavy atom. The molecule has 2 nitrogen and oxygen atoms in total. The first kappa shape index (κ1) is 34.4. The van der Waals surface area contributed by atoms with Gasteiger partial charge in [-0.2, -0.15) is 0 Å². The summed E-state index contributed by atoms with van der Waals surface area (Å²) in [5, 5.41) is 5.68. The van der Waals surface area contributed by atoms with Gasteiger partial charge in [0.2, 0.25) is 0 Å². The van der Waals surface area contributed by atoms with Crippen LogP contribution >= 0.6 is 11.3 Å². The molecule has 6 heteroatoms. The van der Waals surface area contributed by atoms with E-state index in [1.54, 1.807) is 0 Å². The van der Waals surface area contributed by atoms with Crippen LogP contribution in [0.25, 0.3) is 20.2 Å². The third-order valence-corrected chi connectivity index (χ3v) is 16.8. The number of aryl methyl sites for hydroxylation is 1. The van der Waals surface area contributed by atoms with E-state index < -0.39 is 16.1 Å². The van der Waals surface area contributed by atoms with Gasteiger partial charge in [0, 0.05) is 54.3 Å². The summed E-state index contributed by atoms with van der Waals surface area (Å²) < 4.78 is 2.70. The normalized spacial score (nSPS) is 14.1. The zero-order chi connectivity index (χ0) is 37.2. The van der Waals surface area contributed by atoms with Gasteiger partial charge < -0.3 is 9.80 Å². The van der Waals surface area contributed by atoms with Gasteiger partial charge in [0.05, 0.1) is 16.1 Å². The predicted molar refractivity (Wildman–Crippen MR) is 243 cm³/mol. The van der Waals surface area contributed by atoms with E-state index in [4.69, 9.17) is 0 Å². The first-order valence-corrected chi connectivity index (χ1v) is 26.9. The first-order chi connectivity index (χ1) is 25.1. The Bertz CT molecular complexity index is 2590. The maximum atomic E-state index is 2.60. The minimum absolute atomic E-state index is 0.0525. The summed E-state index contributed by atoms with van der Waals surface area (Å²) in [7, 11) is -3.11. The van der Waals surface area contributed by atoms with E-state index in [0.29, 0.717) is 0 Å². The summed E-state index contributed by atoms with van der Waals surface area (Å²) >= 11 is 1.93. The van der Waals surface area contributed by atoms with Gasteiger partial charge in [0.1, 0.15) is 0 Å². The molecule has 0 radical (unpaired) electrons. The molecule has 1 aromatic heterocycles. The van der Waals surface area contributed by atoms with E-state index >= 15 is 0 Å². The summed E-state index contributed by atoms with van der Waals surface area (Å²) in [6.45, 7) is 24.1. The second kappa shape index (κ2) is 11.8. The molecule has 2 aliphatic rings. The van der Waals surface area contributed by atoms with E-state index in [1.807, 2.05) is 11.3 Å². The zero-order valence-corrected chi connectivity index (χ0v) is 35.7. The van der Waals surface area contributed by atoms with Crippen LogP contribution in [0, 0.1) is 6.92 Å². The lowest BCUT2D eigenvalue weighted by molar-refractivity contribution is 0.590. The molecule has 0 aliphatic carbocycles. The monoisotopic (exact) mass is 740 g/mol. The van der Waals surface area contributed by atoms with Crippen LogP contribution in [-0.2, 0) is 5.41 Å². The van der Waals surface area contributed by atoms with Gasteiger partial charge in [-0.1, -0.05) is 131 Å². The molecule has 2 aliphatic heterocycles. The second-order valence-corrected chi connectivity index (χ2v) is 29.7. The van der Waals surface area contributed by atoms with Crippen molar-refractivity contribution >= 4 is 115 Å². The number of fused-ring (bicyclic) bond motifs is 7. The van der Waals surface area contributed by atoms with Crippen LogP contribution in [0.15, 0.2) is 115 Å². The average molecular weight is 741 g/mol. The Balaban J connectivity index is 1.43. The number of hydrogen-bond donors (Lipinski definition) is 0. The van der Waals surface area contributed by atoms with E-state index in [-0.39, 0.29) is 12.1 Å². The molecule has 6 aromatic carbocycles. The van der Waals surface area contributed by atoms with Crippen LogP contribution in [0.5, 0.6) is 0 Å². The van der Waals surface area contributed by atoms with Gasteiger partial charge in [-0.3, -0.25) is 0 Å². The fraction of sp³-hybridized carbons (Fsp3) is 0.234. The van der Waals surface area contributed by atoms with Crippen molar-refractivity contribution in [2.75, 3.05) is 9.80 Å². The van der Waals surface area contributed by atoms with Gasteiger partial charge in [-0.15, -0.1) is 11.3 Å². The van der Waals surface area contributed by atoms with Crippen LogP contribution in [0.3, 0.4) is 0 Å². The number of benzene rings is 6. The van der Waals surface area contributed by atoms with Gasteiger partial charge in [-0.25, -0.2) is 0 Å². The van der Waals surface area contributed by atoms with Crippen LogP contribution in [0.1, 0.15) is 31.9 Å². The summed E-state index contributed by atoms with van der Waals surface area (Å²) in [6.07, 6.45) is 0. The van der Waals surface area contributed by atoms with Crippen molar-refractivity contribution in [2.24, 2.45) is 0 Å². The van der Waals surface area contributed by atoms with Crippen LogP contribution in [-0.4, -0.2) is 22.9 Å². The molecular formula is C47H49BN2SSi2. The number of rotatable bonds is 4. The number of hydrogen-bond acceptors (Lipinski definition) is 3. The Kier molecular flexibility index (Phi) is 7.67. The zero-order valence-electron chi connectivity index (χ0n) is 32.8. The van der Waals surface area contributed by atoms with Crippen LogP contribution in [0.2, 0.25) is 39.3 Å². The lowest BCUT2D eigenvalue weighted by atomic mass is 9.33. The molecule has 0 saturated heterocycles. The minimum Gasteiger partial charge on any atom is -0.311 e. The fourth-order valence-electron chi connectivity index (χ4n) is 8.48. The summed E-state index contributed by atoms with van der Waals surface area (Å²) in [5.41, 5.74) is 14.4. The van der Waals surface area contributed by atoms with Crippen molar-refractivity contribution in [3.05, 3.63) is 126 Å². The molecule has 3 heterocycles. The van der Waals surface area contributed by atoms with Crippen molar-refractivity contribution < 1.29 is 0 Å². The average Bonchev–Trinajstić information content (AvgIpc) is 3.47. The molecule has 0 bridgehead atoms. The standard InChI is InChI=1S/C47H49BN2SSi2/c1-30-15-17-32(18-16-30)50-41-28-37-36-13-11-12-14-44(36)51-45(37)29-39(41)48-38-27-35(53(8,9)10)23-24-40(38)49(33-19-21-34(22-20-33)52(5,6)7)42-25-31(47(2,3)4)26-43(50)46(42)48/h11-29H,1-10H3. The highest BCUT2D eigenvalue weighted by Gasteiger charge is 2.45.